The van der Waals surface area contributed by atoms with Gasteiger partial charge in [-0.15, -0.1) is 0 Å². The van der Waals surface area contributed by atoms with Crippen molar-refractivity contribution >= 4 is 17.5 Å². The Kier molecular flexibility index (Phi) is 3.91. The van der Waals surface area contributed by atoms with E-state index in [2.05, 4.69) is 4.90 Å². The number of carbonyl (C=O) groups excluding carboxylic acids is 2. The summed E-state index contributed by atoms with van der Waals surface area (Å²) in [7, 11) is 0. The van der Waals surface area contributed by atoms with Gasteiger partial charge in [0.2, 0.25) is 5.91 Å². The smallest absolute Gasteiger partial charge is 0.256 e. The molecule has 1 aromatic rings. The molecule has 0 aromatic heterocycles. The quantitative estimate of drug-likeness (QED) is 0.781. The summed E-state index contributed by atoms with van der Waals surface area (Å²) in [5.41, 5.74) is 4.72. The summed E-state index contributed by atoms with van der Waals surface area (Å²) >= 11 is 0. The van der Waals surface area contributed by atoms with Crippen molar-refractivity contribution in [1.29, 1.82) is 0 Å². The minimum absolute atomic E-state index is 0.0526. The molecular formula is C20H24N2O2. The number of carbonyl (C=O) groups is 2. The summed E-state index contributed by atoms with van der Waals surface area (Å²) in [5.74, 6) is -0.124. The van der Waals surface area contributed by atoms with E-state index in [-0.39, 0.29) is 17.9 Å². The van der Waals surface area contributed by atoms with Gasteiger partial charge < -0.3 is 4.90 Å². The van der Waals surface area contributed by atoms with Crippen molar-refractivity contribution in [3.63, 3.8) is 0 Å². The van der Waals surface area contributed by atoms with Crippen LogP contribution in [0.5, 0.6) is 0 Å². The van der Waals surface area contributed by atoms with Gasteiger partial charge in [0, 0.05) is 12.2 Å². The molecule has 0 radical (unpaired) electrons. The third-order valence-electron chi connectivity index (χ3n) is 5.57. The molecule has 2 amide bonds. The zero-order chi connectivity index (χ0) is 16.7. The van der Waals surface area contributed by atoms with Crippen LogP contribution in [-0.2, 0) is 9.59 Å². The maximum absolute atomic E-state index is 13.0. The topological polar surface area (TPSA) is 40.6 Å². The molecule has 0 bridgehead atoms. The van der Waals surface area contributed by atoms with Gasteiger partial charge in [-0.3, -0.25) is 9.59 Å². The van der Waals surface area contributed by atoms with Gasteiger partial charge in [-0.25, -0.2) is 4.90 Å². The zero-order valence-corrected chi connectivity index (χ0v) is 14.3. The highest BCUT2D eigenvalue weighted by Crippen LogP contribution is 2.37. The first-order chi connectivity index (χ1) is 11.6. The Morgan fingerprint density at radius 1 is 0.958 bits per heavy atom. The third-order valence-corrected chi connectivity index (χ3v) is 5.57. The molecule has 4 heteroatoms. The van der Waals surface area contributed by atoms with E-state index < -0.39 is 0 Å². The lowest BCUT2D eigenvalue weighted by atomic mass is 9.88. The van der Waals surface area contributed by atoms with E-state index in [1.165, 1.54) is 41.9 Å². The minimum atomic E-state index is -0.304. The average Bonchev–Trinajstić information content (AvgIpc) is 2.90. The zero-order valence-electron chi connectivity index (χ0n) is 14.3. The molecule has 0 saturated carbocycles. The molecule has 1 aromatic carbocycles. The molecule has 2 aliphatic heterocycles. The van der Waals surface area contributed by atoms with E-state index in [0.29, 0.717) is 12.1 Å². The summed E-state index contributed by atoms with van der Waals surface area (Å²) in [6.07, 6.45) is 7.28. The van der Waals surface area contributed by atoms with Crippen LogP contribution >= 0.6 is 0 Å². The molecule has 3 aliphatic rings. The Labute approximate surface area is 143 Å². The number of hydrogen-bond donors (Lipinski definition) is 0. The molecule has 0 N–H and O–H groups in total. The Balaban J connectivity index is 1.62. The van der Waals surface area contributed by atoms with Crippen LogP contribution in [0, 0.1) is 6.92 Å². The number of nitrogens with zero attached hydrogens (tertiary/aromatic N) is 2. The summed E-state index contributed by atoms with van der Waals surface area (Å²) < 4.78 is 0. The molecule has 24 heavy (non-hydrogen) atoms. The van der Waals surface area contributed by atoms with Crippen molar-refractivity contribution in [3.8, 4) is 0 Å². The number of allylic oxidation sites excluding steroid dienone is 2. The van der Waals surface area contributed by atoms with Crippen LogP contribution < -0.4 is 4.90 Å². The number of aryl methyl sites for hydroxylation is 1. The number of imide groups is 1. The van der Waals surface area contributed by atoms with Crippen LogP contribution in [0.4, 0.5) is 5.69 Å². The summed E-state index contributed by atoms with van der Waals surface area (Å²) in [6.45, 7) is 2.91. The number of benzene rings is 1. The van der Waals surface area contributed by atoms with Crippen molar-refractivity contribution < 1.29 is 9.59 Å². The van der Waals surface area contributed by atoms with Gasteiger partial charge in [0.15, 0.2) is 0 Å². The number of amides is 2. The lowest BCUT2D eigenvalue weighted by Crippen LogP contribution is -2.44. The minimum Gasteiger partial charge on any atom is -0.362 e. The van der Waals surface area contributed by atoms with Crippen LogP contribution in [0.15, 0.2) is 35.5 Å². The van der Waals surface area contributed by atoms with Gasteiger partial charge in [0.25, 0.3) is 5.91 Å². The Hall–Kier alpha value is -2.10. The molecular weight excluding hydrogens is 300 g/mol. The van der Waals surface area contributed by atoms with E-state index in [1.807, 2.05) is 31.2 Å². The van der Waals surface area contributed by atoms with Gasteiger partial charge in [-0.1, -0.05) is 23.3 Å². The SMILES string of the molecule is Cc1ccc(N2C(=O)CC(N3CCCC4=C3CCCC4)C2=O)cc1. The molecule has 4 rings (SSSR count). The fourth-order valence-electron chi connectivity index (χ4n) is 4.33. The van der Waals surface area contributed by atoms with E-state index in [9.17, 15) is 9.59 Å². The normalized spacial score (nSPS) is 24.6. The van der Waals surface area contributed by atoms with E-state index in [1.54, 1.807) is 0 Å². The second-order valence-corrected chi connectivity index (χ2v) is 7.18. The molecule has 2 heterocycles. The van der Waals surface area contributed by atoms with Crippen molar-refractivity contribution in [2.45, 2.75) is 57.9 Å². The Morgan fingerprint density at radius 3 is 2.46 bits per heavy atom. The summed E-state index contributed by atoms with van der Waals surface area (Å²) in [4.78, 5) is 29.2. The Morgan fingerprint density at radius 2 is 1.67 bits per heavy atom. The summed E-state index contributed by atoms with van der Waals surface area (Å²) in [5, 5.41) is 0. The number of rotatable bonds is 2. The van der Waals surface area contributed by atoms with Crippen molar-refractivity contribution in [2.75, 3.05) is 11.4 Å². The Bertz CT molecular complexity index is 701. The second-order valence-electron chi connectivity index (χ2n) is 7.18. The predicted molar refractivity (Wildman–Crippen MR) is 93.5 cm³/mol. The van der Waals surface area contributed by atoms with Crippen LogP contribution in [0.3, 0.4) is 0 Å². The first kappa shape index (κ1) is 15.4. The van der Waals surface area contributed by atoms with Crippen LogP contribution in [-0.4, -0.2) is 29.3 Å². The first-order valence-electron chi connectivity index (χ1n) is 9.06. The largest absolute Gasteiger partial charge is 0.362 e. The van der Waals surface area contributed by atoms with E-state index in [4.69, 9.17) is 0 Å². The van der Waals surface area contributed by atoms with E-state index in [0.717, 1.165) is 24.9 Å². The maximum atomic E-state index is 13.0. The lowest BCUT2D eigenvalue weighted by Gasteiger charge is -2.39. The standard InChI is InChI=1S/C20H24N2O2/c1-14-8-10-16(11-9-14)22-19(23)13-18(20(22)24)21-12-4-6-15-5-2-3-7-17(15)21/h8-11,18H,2-7,12-13H2,1H3. The molecule has 4 nitrogen and oxygen atoms in total. The highest BCUT2D eigenvalue weighted by Gasteiger charge is 2.44. The summed E-state index contributed by atoms with van der Waals surface area (Å²) in [6, 6.07) is 7.34. The third kappa shape index (κ3) is 2.54. The van der Waals surface area contributed by atoms with Crippen molar-refractivity contribution in [2.24, 2.45) is 0 Å². The van der Waals surface area contributed by atoms with Gasteiger partial charge in [0.05, 0.1) is 12.1 Å². The molecule has 1 saturated heterocycles. The number of hydrogen-bond acceptors (Lipinski definition) is 3. The van der Waals surface area contributed by atoms with E-state index >= 15 is 0 Å². The van der Waals surface area contributed by atoms with Gasteiger partial charge in [0.1, 0.15) is 6.04 Å². The van der Waals surface area contributed by atoms with Gasteiger partial charge in [-0.2, -0.15) is 0 Å². The monoisotopic (exact) mass is 324 g/mol. The fraction of sp³-hybridized carbons (Fsp3) is 0.500. The molecule has 126 valence electrons. The molecule has 1 fully saturated rings. The molecule has 1 aliphatic carbocycles. The van der Waals surface area contributed by atoms with Crippen molar-refractivity contribution in [1.82, 2.24) is 4.90 Å². The molecule has 1 atom stereocenters. The predicted octanol–water partition coefficient (Wildman–Crippen LogP) is 3.55. The highest BCUT2D eigenvalue weighted by molar-refractivity contribution is 6.22. The lowest BCUT2D eigenvalue weighted by molar-refractivity contribution is -0.122. The molecule has 1 unspecified atom stereocenters. The average molecular weight is 324 g/mol. The second kappa shape index (κ2) is 6.08. The highest BCUT2D eigenvalue weighted by atomic mass is 16.2. The van der Waals surface area contributed by atoms with Gasteiger partial charge in [-0.05, 0) is 57.6 Å². The van der Waals surface area contributed by atoms with Crippen LogP contribution in [0.1, 0.15) is 50.5 Å². The fourth-order valence-corrected chi connectivity index (χ4v) is 4.33. The van der Waals surface area contributed by atoms with Gasteiger partial charge >= 0.3 is 0 Å². The molecule has 0 spiro atoms. The number of anilines is 1. The van der Waals surface area contributed by atoms with Crippen LogP contribution in [0.2, 0.25) is 0 Å². The first-order valence-corrected chi connectivity index (χ1v) is 9.06. The van der Waals surface area contributed by atoms with Crippen molar-refractivity contribution in [3.05, 3.63) is 41.1 Å². The maximum Gasteiger partial charge on any atom is 0.256 e. The van der Waals surface area contributed by atoms with Crippen LogP contribution in [0.25, 0.3) is 0 Å².